The number of nitrogens with zero attached hydrogens (tertiary/aromatic N) is 2. The summed E-state index contributed by atoms with van der Waals surface area (Å²) in [6.07, 6.45) is 1.69. The van der Waals surface area contributed by atoms with E-state index in [0.29, 0.717) is 10.6 Å². The second kappa shape index (κ2) is 5.36. The standard InChI is InChI=1S/C12H11N3OS/c1-9(10-5-2-3-7-13-10)14-15-12(16)11-6-4-8-17-11/h2-8H,1H3,(H,15,16)/b14-9-. The van der Waals surface area contributed by atoms with E-state index < -0.39 is 0 Å². The van der Waals surface area contributed by atoms with Crippen molar-refractivity contribution in [2.45, 2.75) is 6.92 Å². The minimum Gasteiger partial charge on any atom is -0.266 e. The van der Waals surface area contributed by atoms with E-state index in [9.17, 15) is 4.79 Å². The van der Waals surface area contributed by atoms with Crippen molar-refractivity contribution in [1.29, 1.82) is 0 Å². The lowest BCUT2D eigenvalue weighted by atomic mass is 10.3. The first kappa shape index (κ1) is 11.5. The van der Waals surface area contributed by atoms with Gasteiger partial charge in [0.15, 0.2) is 0 Å². The summed E-state index contributed by atoms with van der Waals surface area (Å²) in [5.41, 5.74) is 3.93. The SMILES string of the molecule is C/C(=N/NC(=O)c1cccs1)c1ccccn1. The lowest BCUT2D eigenvalue weighted by Crippen LogP contribution is -2.18. The number of hydrazone groups is 1. The molecular weight excluding hydrogens is 234 g/mol. The molecule has 2 aromatic rings. The highest BCUT2D eigenvalue weighted by molar-refractivity contribution is 7.12. The summed E-state index contributed by atoms with van der Waals surface area (Å²) in [5, 5.41) is 5.86. The Morgan fingerprint density at radius 2 is 2.24 bits per heavy atom. The zero-order chi connectivity index (χ0) is 12.1. The van der Waals surface area contributed by atoms with Crippen molar-refractivity contribution in [2.24, 2.45) is 5.10 Å². The molecule has 0 saturated heterocycles. The van der Waals surface area contributed by atoms with E-state index in [2.05, 4.69) is 15.5 Å². The molecule has 0 aliphatic heterocycles. The van der Waals surface area contributed by atoms with E-state index in [0.717, 1.165) is 5.69 Å². The quantitative estimate of drug-likeness (QED) is 0.666. The van der Waals surface area contributed by atoms with Gasteiger partial charge in [-0.2, -0.15) is 5.10 Å². The fraction of sp³-hybridized carbons (Fsp3) is 0.0833. The van der Waals surface area contributed by atoms with Crippen LogP contribution in [0.4, 0.5) is 0 Å². The van der Waals surface area contributed by atoms with E-state index in [1.807, 2.05) is 29.6 Å². The van der Waals surface area contributed by atoms with E-state index in [-0.39, 0.29) is 5.91 Å². The highest BCUT2D eigenvalue weighted by Gasteiger charge is 2.05. The summed E-state index contributed by atoms with van der Waals surface area (Å²) >= 11 is 1.38. The van der Waals surface area contributed by atoms with Crippen molar-refractivity contribution in [3.05, 3.63) is 52.5 Å². The van der Waals surface area contributed by atoms with Gasteiger partial charge in [0.25, 0.3) is 5.91 Å². The van der Waals surface area contributed by atoms with E-state index in [4.69, 9.17) is 0 Å². The van der Waals surface area contributed by atoms with Crippen LogP contribution in [0.5, 0.6) is 0 Å². The van der Waals surface area contributed by atoms with Crippen molar-refractivity contribution in [1.82, 2.24) is 10.4 Å². The molecule has 0 radical (unpaired) electrons. The third-order valence-corrected chi connectivity index (χ3v) is 2.97. The van der Waals surface area contributed by atoms with Gasteiger partial charge in [0.05, 0.1) is 16.3 Å². The van der Waals surface area contributed by atoms with Gasteiger partial charge in [-0.15, -0.1) is 11.3 Å². The van der Waals surface area contributed by atoms with Crippen LogP contribution in [-0.2, 0) is 0 Å². The molecule has 1 amide bonds. The van der Waals surface area contributed by atoms with Gasteiger partial charge in [-0.3, -0.25) is 9.78 Å². The molecule has 0 bridgehead atoms. The second-order valence-electron chi connectivity index (χ2n) is 3.33. The van der Waals surface area contributed by atoms with E-state index >= 15 is 0 Å². The second-order valence-corrected chi connectivity index (χ2v) is 4.28. The summed E-state index contributed by atoms with van der Waals surface area (Å²) in [6.45, 7) is 1.80. The summed E-state index contributed by atoms with van der Waals surface area (Å²) in [7, 11) is 0. The van der Waals surface area contributed by atoms with Gasteiger partial charge in [0.2, 0.25) is 0 Å². The topological polar surface area (TPSA) is 54.4 Å². The van der Waals surface area contributed by atoms with Crippen LogP contribution in [0.25, 0.3) is 0 Å². The lowest BCUT2D eigenvalue weighted by molar-refractivity contribution is 0.0959. The highest BCUT2D eigenvalue weighted by atomic mass is 32.1. The molecule has 5 heteroatoms. The molecule has 0 aliphatic rings. The molecule has 4 nitrogen and oxygen atoms in total. The fourth-order valence-electron chi connectivity index (χ4n) is 1.23. The molecular formula is C12H11N3OS. The molecule has 0 aliphatic carbocycles. The first-order valence-electron chi connectivity index (χ1n) is 5.07. The highest BCUT2D eigenvalue weighted by Crippen LogP contribution is 2.07. The molecule has 2 rings (SSSR count). The lowest BCUT2D eigenvalue weighted by Gasteiger charge is -2.00. The fourth-order valence-corrected chi connectivity index (χ4v) is 1.85. The van der Waals surface area contributed by atoms with Crippen molar-refractivity contribution in [3.8, 4) is 0 Å². The number of nitrogens with one attached hydrogen (secondary N) is 1. The Morgan fingerprint density at radius 3 is 2.88 bits per heavy atom. The molecule has 0 fully saturated rings. The minimum absolute atomic E-state index is 0.199. The van der Waals surface area contributed by atoms with Crippen LogP contribution >= 0.6 is 11.3 Å². The van der Waals surface area contributed by atoms with Gasteiger partial charge in [0, 0.05) is 6.20 Å². The van der Waals surface area contributed by atoms with Gasteiger partial charge >= 0.3 is 0 Å². The van der Waals surface area contributed by atoms with Crippen LogP contribution in [0.2, 0.25) is 0 Å². The first-order valence-corrected chi connectivity index (χ1v) is 5.95. The van der Waals surface area contributed by atoms with Gasteiger partial charge < -0.3 is 0 Å². The Labute approximate surface area is 103 Å². The number of hydrogen-bond donors (Lipinski definition) is 1. The van der Waals surface area contributed by atoms with Crippen LogP contribution < -0.4 is 5.43 Å². The number of amides is 1. The van der Waals surface area contributed by atoms with E-state index in [1.165, 1.54) is 11.3 Å². The predicted molar refractivity (Wildman–Crippen MR) is 68.2 cm³/mol. The third-order valence-electron chi connectivity index (χ3n) is 2.11. The van der Waals surface area contributed by atoms with Crippen molar-refractivity contribution < 1.29 is 4.79 Å². The number of aromatic nitrogens is 1. The van der Waals surface area contributed by atoms with Crippen LogP contribution in [0, 0.1) is 0 Å². The zero-order valence-electron chi connectivity index (χ0n) is 9.25. The maximum atomic E-state index is 11.6. The smallest absolute Gasteiger partial charge is 0.266 e. The summed E-state index contributed by atoms with van der Waals surface area (Å²) in [4.78, 5) is 16.4. The number of pyridine rings is 1. The molecule has 17 heavy (non-hydrogen) atoms. The van der Waals surface area contributed by atoms with Crippen molar-refractivity contribution in [3.63, 3.8) is 0 Å². The van der Waals surface area contributed by atoms with Crippen molar-refractivity contribution in [2.75, 3.05) is 0 Å². The van der Waals surface area contributed by atoms with Crippen LogP contribution in [-0.4, -0.2) is 16.6 Å². The Kier molecular flexibility index (Phi) is 3.62. The van der Waals surface area contributed by atoms with E-state index in [1.54, 1.807) is 19.2 Å². The van der Waals surface area contributed by atoms with Gasteiger partial charge in [-0.1, -0.05) is 12.1 Å². The summed E-state index contributed by atoms with van der Waals surface area (Å²) in [6, 6.07) is 9.14. The summed E-state index contributed by atoms with van der Waals surface area (Å²) < 4.78 is 0. The van der Waals surface area contributed by atoms with Gasteiger partial charge in [0.1, 0.15) is 0 Å². The Bertz CT molecular complexity index is 520. The number of hydrogen-bond acceptors (Lipinski definition) is 4. The third kappa shape index (κ3) is 2.98. The van der Waals surface area contributed by atoms with Crippen LogP contribution in [0.15, 0.2) is 47.0 Å². The average molecular weight is 245 g/mol. The average Bonchev–Trinajstić information content (AvgIpc) is 2.90. The van der Waals surface area contributed by atoms with Crippen LogP contribution in [0.1, 0.15) is 22.3 Å². The molecule has 0 saturated carbocycles. The normalized spacial score (nSPS) is 11.2. The zero-order valence-corrected chi connectivity index (χ0v) is 10.1. The number of rotatable bonds is 3. The summed E-state index contributed by atoms with van der Waals surface area (Å²) in [5.74, 6) is -0.199. The molecule has 2 aromatic heterocycles. The largest absolute Gasteiger partial charge is 0.281 e. The maximum Gasteiger partial charge on any atom is 0.281 e. The Hall–Kier alpha value is -2.01. The molecule has 1 N–H and O–H groups in total. The first-order chi connectivity index (χ1) is 8.27. The van der Waals surface area contributed by atoms with Gasteiger partial charge in [-0.05, 0) is 30.5 Å². The monoisotopic (exact) mass is 245 g/mol. The Balaban J connectivity index is 2.04. The number of carbonyl (C=O) groups excluding carboxylic acids is 1. The predicted octanol–water partition coefficient (Wildman–Crippen LogP) is 2.30. The number of carbonyl (C=O) groups is 1. The number of thiophene rings is 1. The Morgan fingerprint density at radius 1 is 1.35 bits per heavy atom. The van der Waals surface area contributed by atoms with Crippen molar-refractivity contribution >= 4 is 23.0 Å². The van der Waals surface area contributed by atoms with Crippen LogP contribution in [0.3, 0.4) is 0 Å². The molecule has 0 unspecified atom stereocenters. The molecule has 0 spiro atoms. The molecule has 86 valence electrons. The molecule has 2 heterocycles. The maximum absolute atomic E-state index is 11.6. The molecule has 0 aromatic carbocycles. The minimum atomic E-state index is -0.199. The van der Waals surface area contributed by atoms with Gasteiger partial charge in [-0.25, -0.2) is 5.43 Å². The molecule has 0 atom stereocenters.